The lowest BCUT2D eigenvalue weighted by Crippen LogP contribution is -2.30. The van der Waals surface area contributed by atoms with Gasteiger partial charge >= 0.3 is 17.9 Å². The number of unbranched alkanes of at least 4 members (excludes halogenated alkanes) is 32. The minimum atomic E-state index is -0.781. The van der Waals surface area contributed by atoms with Crippen molar-refractivity contribution in [3.8, 4) is 0 Å². The molecule has 6 heteroatoms. The molecule has 0 aromatic heterocycles. The zero-order valence-electron chi connectivity index (χ0n) is 43.3. The molecule has 6 nitrogen and oxygen atoms in total. The second-order valence-electron chi connectivity index (χ2n) is 18.8. The summed E-state index contributed by atoms with van der Waals surface area (Å²) in [5, 5.41) is 0. The van der Waals surface area contributed by atoms with Gasteiger partial charge in [0.05, 0.1) is 0 Å². The van der Waals surface area contributed by atoms with Gasteiger partial charge in [-0.3, -0.25) is 14.4 Å². The minimum absolute atomic E-state index is 0.0786. The SMILES string of the molecule is CC/C=C/C/C=C/C/C=C/CCCCCCCC(=O)O[C@H](COC(=O)CCCCCCCCC/C=C/CCCCCC)COC(=O)CCCCCCCCCCCCCCCCCCC. The molecule has 65 heavy (non-hydrogen) atoms. The van der Waals surface area contributed by atoms with Gasteiger partial charge < -0.3 is 14.2 Å². The molecule has 0 aliphatic rings. The van der Waals surface area contributed by atoms with Gasteiger partial charge in [-0.2, -0.15) is 0 Å². The van der Waals surface area contributed by atoms with Crippen LogP contribution in [0.4, 0.5) is 0 Å². The third kappa shape index (κ3) is 52.2. The Bertz CT molecular complexity index is 1140. The molecule has 0 amide bonds. The van der Waals surface area contributed by atoms with Crippen LogP contribution in [0.3, 0.4) is 0 Å². The number of esters is 3. The van der Waals surface area contributed by atoms with Crippen molar-refractivity contribution in [2.75, 3.05) is 13.2 Å². The van der Waals surface area contributed by atoms with Gasteiger partial charge in [-0.25, -0.2) is 0 Å². The molecule has 0 aliphatic carbocycles. The van der Waals surface area contributed by atoms with Gasteiger partial charge in [0.15, 0.2) is 6.10 Å². The number of hydrogen-bond acceptors (Lipinski definition) is 6. The number of rotatable bonds is 51. The molecule has 0 radical (unpaired) electrons. The first-order chi connectivity index (χ1) is 32.0. The highest BCUT2D eigenvalue weighted by Crippen LogP contribution is 2.16. The predicted octanol–water partition coefficient (Wildman–Crippen LogP) is 18.7. The summed E-state index contributed by atoms with van der Waals surface area (Å²) < 4.78 is 16.8. The largest absolute Gasteiger partial charge is 0.462 e. The van der Waals surface area contributed by atoms with Gasteiger partial charge in [-0.1, -0.05) is 243 Å². The van der Waals surface area contributed by atoms with Crippen molar-refractivity contribution in [2.24, 2.45) is 0 Å². The Balaban J connectivity index is 4.37. The summed E-state index contributed by atoms with van der Waals surface area (Å²) in [7, 11) is 0. The fourth-order valence-electron chi connectivity index (χ4n) is 8.10. The molecule has 0 aromatic rings. The van der Waals surface area contributed by atoms with Crippen molar-refractivity contribution in [2.45, 2.75) is 297 Å². The van der Waals surface area contributed by atoms with Crippen LogP contribution in [-0.2, 0) is 28.6 Å². The van der Waals surface area contributed by atoms with E-state index in [0.717, 1.165) is 96.3 Å². The quantitative estimate of drug-likeness (QED) is 0.0262. The van der Waals surface area contributed by atoms with Crippen molar-refractivity contribution in [3.63, 3.8) is 0 Å². The molecule has 378 valence electrons. The van der Waals surface area contributed by atoms with Crippen molar-refractivity contribution >= 4 is 17.9 Å². The lowest BCUT2D eigenvalue weighted by atomic mass is 10.0. The van der Waals surface area contributed by atoms with E-state index in [1.165, 1.54) is 154 Å². The molecule has 1 atom stereocenters. The van der Waals surface area contributed by atoms with Crippen LogP contribution in [0.15, 0.2) is 48.6 Å². The molecule has 0 spiro atoms. The maximum absolute atomic E-state index is 12.8. The zero-order chi connectivity index (χ0) is 47.2. The van der Waals surface area contributed by atoms with Crippen LogP contribution in [-0.4, -0.2) is 37.2 Å². The van der Waals surface area contributed by atoms with E-state index in [1.54, 1.807) is 0 Å². The summed E-state index contributed by atoms with van der Waals surface area (Å²) in [5.74, 6) is -0.887. The fourth-order valence-corrected chi connectivity index (χ4v) is 8.10. The highest BCUT2D eigenvalue weighted by atomic mass is 16.6. The molecule has 0 heterocycles. The van der Waals surface area contributed by atoms with Crippen LogP contribution in [0.1, 0.15) is 290 Å². The summed E-state index contributed by atoms with van der Waals surface area (Å²) in [5.41, 5.74) is 0. The first-order valence-electron chi connectivity index (χ1n) is 28.1. The summed E-state index contributed by atoms with van der Waals surface area (Å²) in [6, 6.07) is 0. The maximum Gasteiger partial charge on any atom is 0.306 e. The van der Waals surface area contributed by atoms with E-state index in [2.05, 4.69) is 69.4 Å². The van der Waals surface area contributed by atoms with E-state index < -0.39 is 6.10 Å². The zero-order valence-corrected chi connectivity index (χ0v) is 43.3. The van der Waals surface area contributed by atoms with Crippen LogP contribution in [0.25, 0.3) is 0 Å². The smallest absolute Gasteiger partial charge is 0.306 e. The second kappa shape index (κ2) is 54.0. The van der Waals surface area contributed by atoms with Crippen LogP contribution in [0, 0.1) is 0 Å². The second-order valence-corrected chi connectivity index (χ2v) is 18.8. The Morgan fingerprint density at radius 3 is 0.969 bits per heavy atom. The van der Waals surface area contributed by atoms with Crippen LogP contribution < -0.4 is 0 Å². The summed E-state index contributed by atoms with van der Waals surface area (Å²) in [4.78, 5) is 38.1. The van der Waals surface area contributed by atoms with Gasteiger partial charge in [-0.05, 0) is 77.0 Å². The summed E-state index contributed by atoms with van der Waals surface area (Å²) in [6.45, 7) is 6.53. The lowest BCUT2D eigenvalue weighted by molar-refractivity contribution is -0.167. The Morgan fingerprint density at radius 1 is 0.323 bits per heavy atom. The molecule has 0 rings (SSSR count). The fraction of sp³-hybridized carbons (Fsp3) is 0.814. The van der Waals surface area contributed by atoms with Crippen LogP contribution in [0.2, 0.25) is 0 Å². The topological polar surface area (TPSA) is 78.9 Å². The van der Waals surface area contributed by atoms with Crippen molar-refractivity contribution in [1.82, 2.24) is 0 Å². The maximum atomic E-state index is 12.8. The number of carbonyl (C=O) groups excluding carboxylic acids is 3. The van der Waals surface area contributed by atoms with Gasteiger partial charge in [0.2, 0.25) is 0 Å². The van der Waals surface area contributed by atoms with E-state index in [0.29, 0.717) is 19.3 Å². The number of ether oxygens (including phenoxy) is 3. The van der Waals surface area contributed by atoms with Gasteiger partial charge in [0.25, 0.3) is 0 Å². The molecule has 0 unspecified atom stereocenters. The number of hydrogen-bond donors (Lipinski definition) is 0. The van der Waals surface area contributed by atoms with Gasteiger partial charge in [0, 0.05) is 19.3 Å². The lowest BCUT2D eigenvalue weighted by Gasteiger charge is -2.18. The minimum Gasteiger partial charge on any atom is -0.462 e. The molecule has 0 aliphatic heterocycles. The monoisotopic (exact) mass is 911 g/mol. The van der Waals surface area contributed by atoms with Crippen LogP contribution in [0.5, 0.6) is 0 Å². The molecular formula is C59H106O6. The van der Waals surface area contributed by atoms with E-state index in [1.807, 2.05) is 0 Å². The summed E-state index contributed by atoms with van der Waals surface area (Å²) >= 11 is 0. The van der Waals surface area contributed by atoms with Crippen molar-refractivity contribution in [3.05, 3.63) is 48.6 Å². The van der Waals surface area contributed by atoms with Gasteiger partial charge in [-0.15, -0.1) is 0 Å². The Hall–Kier alpha value is -2.63. The normalized spacial score (nSPS) is 12.4. The van der Waals surface area contributed by atoms with Crippen molar-refractivity contribution < 1.29 is 28.6 Å². The predicted molar refractivity (Wildman–Crippen MR) is 279 cm³/mol. The summed E-state index contributed by atoms with van der Waals surface area (Å²) in [6.07, 6.45) is 65.2. The van der Waals surface area contributed by atoms with E-state index in [9.17, 15) is 14.4 Å². The Kier molecular flexibility index (Phi) is 51.8. The third-order valence-corrected chi connectivity index (χ3v) is 12.3. The molecule has 0 N–H and O–H groups in total. The van der Waals surface area contributed by atoms with Crippen molar-refractivity contribution in [1.29, 1.82) is 0 Å². The molecule has 0 bridgehead atoms. The molecule has 0 aromatic carbocycles. The molecule has 0 saturated carbocycles. The third-order valence-electron chi connectivity index (χ3n) is 12.3. The first-order valence-corrected chi connectivity index (χ1v) is 28.1. The molecular weight excluding hydrogens is 805 g/mol. The average Bonchev–Trinajstić information content (AvgIpc) is 3.30. The Labute approximate surface area is 403 Å². The first kappa shape index (κ1) is 62.4. The van der Waals surface area contributed by atoms with E-state index in [4.69, 9.17) is 14.2 Å². The molecule has 0 saturated heterocycles. The highest BCUT2D eigenvalue weighted by Gasteiger charge is 2.19. The van der Waals surface area contributed by atoms with E-state index in [-0.39, 0.29) is 31.1 Å². The highest BCUT2D eigenvalue weighted by molar-refractivity contribution is 5.71. The molecule has 0 fully saturated rings. The standard InChI is InChI=1S/C59H106O6/c1-4-7-10-13-16-19-22-25-28-29-32-34-37-40-43-46-49-52-58(61)64-55-56(65-59(62)53-50-47-44-41-38-35-31-27-24-21-18-15-12-9-6-3)54-63-57(60)51-48-45-42-39-36-33-30-26-23-20-17-14-11-8-5-2/h9,12,18,20-21,23,27,31,56H,4-8,10-11,13-17,19,22,24-26,28-30,32-55H2,1-3H3/b12-9+,21-18+,23-20+,31-27+/t56-/m1/s1. The van der Waals surface area contributed by atoms with Crippen LogP contribution >= 0.6 is 0 Å². The van der Waals surface area contributed by atoms with Gasteiger partial charge in [0.1, 0.15) is 13.2 Å². The van der Waals surface area contributed by atoms with E-state index >= 15 is 0 Å². The number of allylic oxidation sites excluding steroid dienone is 8. The average molecular weight is 911 g/mol. The number of carbonyl (C=O) groups is 3. The Morgan fingerprint density at radius 2 is 0.600 bits per heavy atom.